The molecule has 44 atom stereocenters. The molecule has 0 bridgehead atoms. The molecule has 0 aliphatic heterocycles. The van der Waals surface area contributed by atoms with Gasteiger partial charge in [0.2, 0.25) is 17.7 Å². The van der Waals surface area contributed by atoms with Crippen LogP contribution in [0.3, 0.4) is 0 Å². The first-order chi connectivity index (χ1) is 59.0. The largest absolute Gasteiger partial charge is 0.481 e. The standard InChI is InChI=1S/C102H163N3O20/c1-52(64-17-21-68-91-72(45-80(112)99(64,68)9)95(5)33-29-60(106)37-56(95)41-76(91)109)13-25-84(115)103-49-88(120)123-63-32-36-98(8)59(40-63)44-79(124-89(121)50-104-85(116)26-14-53(2)65-18-22-69-92-73(46-81(113)100(65,69)10)96(6)34-30-61(107)38-57(96)42-77(92)110)94-71-24-20-67(55(4)16-28-87(118)119)102(71,12)83(48-75(94)98)125-90(122)51-105-86(117)27-15-54(3)66-19-23-70-93-74(47-82(114)101(66,70)11)97(7)35-31-62(108)39-58(97)43-78(93)111/h52-83,91-94,106-114H,13-51H2,1-12H3,(H,103,115)(H,104,116)(H,105,117)(H,118,119)/t52-,53-,54-,55-,56+,57+,58+,59+,60-,61-,62-,63-,64-,65-,66-,67-,68+,69+,70+,71+,72+,73+,74+,75+,76-,77-,78-,79-,80+,81+,82+,83+,91+,92+,93+,94+,95+,96+,97+,98+,99-,100-,101-,102-/m1/s1. The number of hydrogen-bond donors (Lipinski definition) is 13. The number of aliphatic carboxylic acids is 1. The van der Waals surface area contributed by atoms with E-state index in [1.165, 1.54) is 0 Å². The van der Waals surface area contributed by atoms with Gasteiger partial charge in [-0.1, -0.05) is 83.1 Å². The topological polar surface area (TPSA) is 386 Å². The van der Waals surface area contributed by atoms with Crippen LogP contribution in [-0.2, 0) is 47.8 Å². The summed E-state index contributed by atoms with van der Waals surface area (Å²) < 4.78 is 20.1. The molecule has 706 valence electrons. The number of ether oxygens (including phenoxy) is 3. The Morgan fingerprint density at radius 1 is 0.320 bits per heavy atom. The third-order valence-electron chi connectivity index (χ3n) is 43.4. The molecular formula is C102H163N3O20. The number of esters is 3. The second kappa shape index (κ2) is 35.7. The lowest BCUT2D eigenvalue weighted by Gasteiger charge is -2.64. The van der Waals surface area contributed by atoms with Crippen LogP contribution in [0.5, 0.6) is 0 Å². The van der Waals surface area contributed by atoms with Gasteiger partial charge >= 0.3 is 23.9 Å². The van der Waals surface area contributed by atoms with Gasteiger partial charge in [0, 0.05) is 37.0 Å². The highest BCUT2D eigenvalue weighted by molar-refractivity contribution is 5.83. The molecule has 16 fully saturated rings. The van der Waals surface area contributed by atoms with Crippen LogP contribution in [0.25, 0.3) is 0 Å². The number of amides is 3. The minimum absolute atomic E-state index is 0.0395. The number of hydrogen-bond acceptors (Lipinski definition) is 19. The highest BCUT2D eigenvalue weighted by Crippen LogP contribution is 2.75. The van der Waals surface area contributed by atoms with Crippen LogP contribution in [0.4, 0.5) is 0 Å². The third-order valence-corrected chi connectivity index (χ3v) is 43.4. The second-order valence-electron chi connectivity index (χ2n) is 48.3. The molecule has 0 aromatic rings. The normalized spacial score (nSPS) is 50.1. The van der Waals surface area contributed by atoms with Gasteiger partial charge in [-0.3, -0.25) is 33.6 Å². The zero-order valence-electron chi connectivity index (χ0n) is 77.9. The molecule has 0 aromatic carbocycles. The number of carboxylic acid groups (broad SMARTS) is 1. The number of fused-ring (bicyclic) bond motifs is 20. The Bertz CT molecular complexity index is 3920. The number of carbonyl (C=O) groups is 7. The van der Waals surface area contributed by atoms with Gasteiger partial charge in [0.1, 0.15) is 37.9 Å². The number of rotatable bonds is 25. The van der Waals surface area contributed by atoms with E-state index in [9.17, 15) is 84.6 Å². The van der Waals surface area contributed by atoms with Crippen LogP contribution >= 0.6 is 0 Å². The molecule has 0 aromatic heterocycles. The quantitative estimate of drug-likeness (QED) is 0.0298. The Kier molecular flexibility index (Phi) is 26.9. The van der Waals surface area contributed by atoms with E-state index in [1.54, 1.807) is 0 Å². The molecule has 0 spiro atoms. The third kappa shape index (κ3) is 16.4. The minimum Gasteiger partial charge on any atom is -0.481 e. The predicted octanol–water partition coefficient (Wildman–Crippen LogP) is 12.6. The zero-order valence-corrected chi connectivity index (χ0v) is 77.9. The number of aliphatic hydroxyl groups excluding tert-OH is 9. The van der Waals surface area contributed by atoms with Crippen LogP contribution in [0.2, 0.25) is 0 Å². The molecule has 0 heterocycles. The summed E-state index contributed by atoms with van der Waals surface area (Å²) in [6.07, 6.45) is 16.4. The van der Waals surface area contributed by atoms with Crippen molar-refractivity contribution in [3.8, 4) is 0 Å². The summed E-state index contributed by atoms with van der Waals surface area (Å²) in [6, 6.07) is 0. The molecule has 3 amide bonds. The van der Waals surface area contributed by atoms with Gasteiger partial charge in [0.05, 0.1) is 54.9 Å². The van der Waals surface area contributed by atoms with Crippen LogP contribution in [0.15, 0.2) is 0 Å². The Labute approximate surface area is 745 Å². The Balaban J connectivity index is 0.576. The number of nitrogens with one attached hydrogen (secondary N) is 3. The number of carbonyl (C=O) groups excluding carboxylic acids is 6. The van der Waals surface area contributed by atoms with Crippen molar-refractivity contribution in [3.05, 3.63) is 0 Å². The lowest BCUT2D eigenvalue weighted by atomic mass is 9.43. The van der Waals surface area contributed by atoms with Crippen molar-refractivity contribution in [2.45, 2.75) is 387 Å². The van der Waals surface area contributed by atoms with Gasteiger partial charge in [-0.2, -0.15) is 0 Å². The lowest BCUT2D eigenvalue weighted by Crippen LogP contribution is -2.64. The molecule has 16 aliphatic rings. The Morgan fingerprint density at radius 2 is 0.624 bits per heavy atom. The Morgan fingerprint density at radius 3 is 0.984 bits per heavy atom. The summed E-state index contributed by atoms with van der Waals surface area (Å²) >= 11 is 0. The first-order valence-electron chi connectivity index (χ1n) is 50.7. The second-order valence-corrected chi connectivity index (χ2v) is 48.3. The number of carboxylic acids is 1. The van der Waals surface area contributed by atoms with Crippen molar-refractivity contribution < 1.29 is 98.8 Å². The molecule has 16 aliphatic carbocycles. The molecule has 13 N–H and O–H groups in total. The highest BCUT2D eigenvalue weighted by Gasteiger charge is 2.72. The van der Waals surface area contributed by atoms with Gasteiger partial charge in [-0.05, 0) is 379 Å². The maximum atomic E-state index is 14.8. The van der Waals surface area contributed by atoms with Crippen LogP contribution in [0, 0.1) is 185 Å². The van der Waals surface area contributed by atoms with Crippen molar-refractivity contribution in [2.75, 3.05) is 19.6 Å². The van der Waals surface area contributed by atoms with Gasteiger partial charge in [-0.25, -0.2) is 0 Å². The SMILES string of the molecule is C[C@H](CCC(=O)NCC(=O)O[C@@H]1CC[C@@]2(C)[C@@H](C1)C[C@@H](OC(=O)CNC(=O)CC[C@@H](C)[C@H]1CC[C@H]3[C@@H]4[C@H](O)C[C@@H]5C[C@H](O)CC[C@]5(C)[C@H]4C[C@H](O)[C@]13C)[C@@H]1[C@@H]2C[C@H](OC(=O)CNC(=O)CC[C@@H](C)[C@H]2CC[C@H]3[C@@H]4[C@H](O)C[C@@H]5C[C@H](O)CC[C@]5(C)[C@H]4C[C@H](O)[C@]23C)[C@]2(C)[C@@H]([C@H](C)CCC(=O)O)CC[C@@H]12)[C@H]1CC[C@H]2[C@@H]3[C@H](O)C[C@@H]4C[C@H](O)CC[C@]4(C)[C@H]3C[C@H](O)[C@]12C. The molecule has 23 nitrogen and oxygen atoms in total. The monoisotopic (exact) mass is 1750 g/mol. The lowest BCUT2D eigenvalue weighted by molar-refractivity contribution is -0.225. The van der Waals surface area contributed by atoms with Gasteiger partial charge in [0.15, 0.2) is 0 Å². The van der Waals surface area contributed by atoms with E-state index in [-0.39, 0.29) is 240 Å². The average molecular weight is 1750 g/mol. The molecular weight excluding hydrogens is 1590 g/mol. The van der Waals surface area contributed by atoms with Crippen molar-refractivity contribution in [2.24, 2.45) is 185 Å². The first-order valence-corrected chi connectivity index (χ1v) is 50.7. The smallest absolute Gasteiger partial charge is 0.325 e. The van der Waals surface area contributed by atoms with Crippen LogP contribution in [-0.4, -0.2) is 186 Å². The molecule has 0 unspecified atom stereocenters. The van der Waals surface area contributed by atoms with E-state index >= 15 is 0 Å². The van der Waals surface area contributed by atoms with Crippen molar-refractivity contribution >= 4 is 41.6 Å². The summed E-state index contributed by atoms with van der Waals surface area (Å²) in [5, 5.41) is 124. The van der Waals surface area contributed by atoms with E-state index in [0.29, 0.717) is 128 Å². The van der Waals surface area contributed by atoms with Crippen molar-refractivity contribution in [1.29, 1.82) is 0 Å². The summed E-state index contributed by atoms with van der Waals surface area (Å²) in [4.78, 5) is 98.2. The van der Waals surface area contributed by atoms with E-state index in [2.05, 4.69) is 99.0 Å². The van der Waals surface area contributed by atoms with Gasteiger partial charge in [0.25, 0.3) is 0 Å². The van der Waals surface area contributed by atoms with E-state index in [4.69, 9.17) is 14.2 Å². The summed E-state index contributed by atoms with van der Waals surface area (Å²) in [7, 11) is 0. The average Bonchev–Trinajstić information content (AvgIpc) is 1.65. The molecule has 0 radical (unpaired) electrons. The van der Waals surface area contributed by atoms with Crippen LogP contribution < -0.4 is 16.0 Å². The van der Waals surface area contributed by atoms with Crippen LogP contribution in [0.1, 0.15) is 314 Å². The maximum absolute atomic E-state index is 14.8. The summed E-state index contributed by atoms with van der Waals surface area (Å²) in [6.45, 7) is 25.6. The highest BCUT2D eigenvalue weighted by atomic mass is 16.6. The van der Waals surface area contributed by atoms with E-state index in [0.717, 1.165) is 77.0 Å². The predicted molar refractivity (Wildman–Crippen MR) is 468 cm³/mol. The first kappa shape index (κ1) is 94.1. The van der Waals surface area contributed by atoms with E-state index in [1.807, 2.05) is 0 Å². The molecule has 16 rings (SSSR count). The minimum atomic E-state index is -0.904. The Hall–Kier alpha value is -4.07. The summed E-state index contributed by atoms with van der Waals surface area (Å²) in [5.41, 5.74) is -2.65. The fourth-order valence-electron chi connectivity index (χ4n) is 36.5. The summed E-state index contributed by atoms with van der Waals surface area (Å²) in [5.74, 6) is -2.13. The molecule has 23 heteroatoms. The maximum Gasteiger partial charge on any atom is 0.325 e. The van der Waals surface area contributed by atoms with Crippen molar-refractivity contribution in [3.63, 3.8) is 0 Å². The molecule has 16 saturated carbocycles. The molecule has 125 heavy (non-hydrogen) atoms. The van der Waals surface area contributed by atoms with Gasteiger partial charge < -0.3 is 81.2 Å². The fourth-order valence-corrected chi connectivity index (χ4v) is 36.5. The number of aliphatic hydroxyl groups is 9. The van der Waals surface area contributed by atoms with E-state index < -0.39 is 106 Å². The molecule has 0 saturated heterocycles. The van der Waals surface area contributed by atoms with Crippen molar-refractivity contribution in [1.82, 2.24) is 16.0 Å². The fraction of sp³-hybridized carbons (Fsp3) is 0.931. The van der Waals surface area contributed by atoms with Gasteiger partial charge in [-0.15, -0.1) is 0 Å². The zero-order chi connectivity index (χ0) is 89.6.